The SMILES string of the molecule is CCOC(C)Cc1ccc(OC/C(=N\OC)c2ccc(CC)cn2)cc1. The summed E-state index contributed by atoms with van der Waals surface area (Å²) in [4.78, 5) is 9.38. The van der Waals surface area contributed by atoms with Gasteiger partial charge in [0.25, 0.3) is 0 Å². The molecule has 0 aliphatic heterocycles. The van der Waals surface area contributed by atoms with Crippen LogP contribution in [-0.2, 0) is 22.4 Å². The number of aryl methyl sites for hydroxylation is 1. The largest absolute Gasteiger partial charge is 0.487 e. The molecule has 1 unspecified atom stereocenters. The minimum atomic E-state index is 0.212. The molecule has 0 spiro atoms. The van der Waals surface area contributed by atoms with E-state index in [2.05, 4.69) is 36.1 Å². The van der Waals surface area contributed by atoms with Gasteiger partial charge in [-0.3, -0.25) is 4.98 Å². The summed E-state index contributed by atoms with van der Waals surface area (Å²) >= 11 is 0. The Bertz CT molecular complexity index is 681. The number of pyridine rings is 1. The quantitative estimate of drug-likeness (QED) is 0.476. The Morgan fingerprint density at radius 1 is 1.08 bits per heavy atom. The molecule has 140 valence electrons. The lowest BCUT2D eigenvalue weighted by Crippen LogP contribution is -2.15. The van der Waals surface area contributed by atoms with Gasteiger partial charge in [0, 0.05) is 12.8 Å². The first-order valence-corrected chi connectivity index (χ1v) is 9.04. The van der Waals surface area contributed by atoms with E-state index in [9.17, 15) is 0 Å². The third-order valence-corrected chi connectivity index (χ3v) is 4.00. The van der Waals surface area contributed by atoms with Crippen LogP contribution in [0.4, 0.5) is 0 Å². The molecule has 5 nitrogen and oxygen atoms in total. The van der Waals surface area contributed by atoms with Crippen LogP contribution in [0, 0.1) is 0 Å². The van der Waals surface area contributed by atoms with E-state index in [0.29, 0.717) is 12.3 Å². The Balaban J connectivity index is 1.97. The molecule has 26 heavy (non-hydrogen) atoms. The molecule has 1 aromatic heterocycles. The van der Waals surface area contributed by atoms with Gasteiger partial charge in [-0.1, -0.05) is 30.3 Å². The van der Waals surface area contributed by atoms with Crippen molar-refractivity contribution < 1.29 is 14.3 Å². The van der Waals surface area contributed by atoms with Gasteiger partial charge in [0.15, 0.2) is 0 Å². The molecule has 0 N–H and O–H groups in total. The number of ether oxygens (including phenoxy) is 2. The molecule has 0 saturated carbocycles. The summed E-state index contributed by atoms with van der Waals surface area (Å²) in [5.74, 6) is 0.784. The highest BCUT2D eigenvalue weighted by Gasteiger charge is 2.09. The van der Waals surface area contributed by atoms with Crippen molar-refractivity contribution in [1.82, 2.24) is 4.98 Å². The molecular formula is C21H28N2O3. The third kappa shape index (κ3) is 6.15. The standard InChI is InChI=1S/C21H28N2O3/c1-5-17-9-12-20(22-14-17)21(23-24-4)15-26-19-10-7-18(8-11-19)13-16(3)25-6-2/h7-12,14,16H,5-6,13,15H2,1-4H3/b23-21+. The van der Waals surface area contributed by atoms with Crippen LogP contribution < -0.4 is 4.74 Å². The summed E-state index contributed by atoms with van der Waals surface area (Å²) in [5, 5.41) is 4.05. The van der Waals surface area contributed by atoms with Crippen molar-refractivity contribution in [2.75, 3.05) is 20.3 Å². The Labute approximate surface area is 156 Å². The number of oxime groups is 1. The monoisotopic (exact) mass is 356 g/mol. The maximum atomic E-state index is 5.86. The van der Waals surface area contributed by atoms with Crippen molar-refractivity contribution in [1.29, 1.82) is 0 Å². The number of benzene rings is 1. The van der Waals surface area contributed by atoms with E-state index in [-0.39, 0.29) is 6.10 Å². The zero-order valence-electron chi connectivity index (χ0n) is 16.1. The van der Waals surface area contributed by atoms with Crippen LogP contribution >= 0.6 is 0 Å². The Hall–Kier alpha value is -2.40. The summed E-state index contributed by atoms with van der Waals surface area (Å²) in [6.45, 7) is 7.22. The van der Waals surface area contributed by atoms with Crippen molar-refractivity contribution in [2.24, 2.45) is 5.16 Å². The first-order valence-electron chi connectivity index (χ1n) is 9.04. The summed E-state index contributed by atoms with van der Waals surface area (Å²) in [6, 6.07) is 12.0. The first-order chi connectivity index (χ1) is 12.7. The lowest BCUT2D eigenvalue weighted by Gasteiger charge is -2.12. The van der Waals surface area contributed by atoms with Crippen LogP contribution in [0.5, 0.6) is 5.75 Å². The van der Waals surface area contributed by atoms with Gasteiger partial charge < -0.3 is 14.3 Å². The Morgan fingerprint density at radius 2 is 1.81 bits per heavy atom. The van der Waals surface area contributed by atoms with Crippen LogP contribution in [0.25, 0.3) is 0 Å². The second-order valence-corrected chi connectivity index (χ2v) is 6.03. The highest BCUT2D eigenvalue weighted by atomic mass is 16.6. The predicted octanol–water partition coefficient (Wildman–Crippen LogP) is 4.04. The number of rotatable bonds is 10. The highest BCUT2D eigenvalue weighted by Crippen LogP contribution is 2.15. The van der Waals surface area contributed by atoms with Crippen molar-refractivity contribution in [3.63, 3.8) is 0 Å². The number of nitrogens with zero attached hydrogens (tertiary/aromatic N) is 2. The van der Waals surface area contributed by atoms with E-state index in [4.69, 9.17) is 14.3 Å². The zero-order valence-corrected chi connectivity index (χ0v) is 16.1. The number of hydrogen-bond acceptors (Lipinski definition) is 5. The maximum Gasteiger partial charge on any atom is 0.143 e. The van der Waals surface area contributed by atoms with Gasteiger partial charge in [0.05, 0.1) is 11.8 Å². The van der Waals surface area contributed by atoms with Crippen LogP contribution in [-0.4, -0.2) is 37.1 Å². The molecule has 0 fully saturated rings. The lowest BCUT2D eigenvalue weighted by atomic mass is 10.1. The van der Waals surface area contributed by atoms with Gasteiger partial charge in [0.1, 0.15) is 25.2 Å². The molecule has 1 aromatic carbocycles. The molecule has 0 aliphatic carbocycles. The molecule has 1 atom stereocenters. The van der Waals surface area contributed by atoms with Gasteiger partial charge in [-0.2, -0.15) is 0 Å². The third-order valence-electron chi connectivity index (χ3n) is 4.00. The van der Waals surface area contributed by atoms with E-state index in [1.54, 1.807) is 0 Å². The van der Waals surface area contributed by atoms with Crippen LogP contribution in [0.1, 0.15) is 37.6 Å². The van der Waals surface area contributed by atoms with E-state index in [1.807, 2.05) is 37.4 Å². The van der Waals surface area contributed by atoms with E-state index in [1.165, 1.54) is 18.2 Å². The van der Waals surface area contributed by atoms with Gasteiger partial charge in [-0.15, -0.1) is 0 Å². The summed E-state index contributed by atoms with van der Waals surface area (Å²) in [7, 11) is 1.52. The van der Waals surface area contributed by atoms with E-state index in [0.717, 1.165) is 30.9 Å². The molecule has 2 aromatic rings. The molecule has 0 amide bonds. The molecule has 1 heterocycles. The maximum absolute atomic E-state index is 5.86. The van der Waals surface area contributed by atoms with Crippen molar-refractivity contribution >= 4 is 5.71 Å². The van der Waals surface area contributed by atoms with E-state index < -0.39 is 0 Å². The summed E-state index contributed by atoms with van der Waals surface area (Å²) < 4.78 is 11.4. The number of aromatic nitrogens is 1. The van der Waals surface area contributed by atoms with Crippen molar-refractivity contribution in [3.8, 4) is 5.75 Å². The lowest BCUT2D eigenvalue weighted by molar-refractivity contribution is 0.0768. The first kappa shape index (κ1) is 19.9. The minimum absolute atomic E-state index is 0.212. The highest BCUT2D eigenvalue weighted by molar-refractivity contribution is 5.99. The molecular weight excluding hydrogens is 328 g/mol. The fraction of sp³-hybridized carbons (Fsp3) is 0.429. The molecule has 0 bridgehead atoms. The second-order valence-electron chi connectivity index (χ2n) is 6.03. The summed E-state index contributed by atoms with van der Waals surface area (Å²) in [5.41, 5.74) is 3.82. The van der Waals surface area contributed by atoms with Crippen molar-refractivity contribution in [3.05, 3.63) is 59.4 Å². The average molecular weight is 356 g/mol. The van der Waals surface area contributed by atoms with Crippen LogP contribution in [0.15, 0.2) is 47.8 Å². The van der Waals surface area contributed by atoms with Gasteiger partial charge in [0.2, 0.25) is 0 Å². The molecule has 0 aliphatic rings. The van der Waals surface area contributed by atoms with E-state index >= 15 is 0 Å². The van der Waals surface area contributed by atoms with Crippen LogP contribution in [0.3, 0.4) is 0 Å². The van der Waals surface area contributed by atoms with Gasteiger partial charge >= 0.3 is 0 Å². The summed E-state index contributed by atoms with van der Waals surface area (Å²) in [6.07, 6.45) is 3.91. The molecule has 2 rings (SSSR count). The Kier molecular flexibility index (Phi) is 8.09. The molecule has 0 saturated heterocycles. The normalized spacial score (nSPS) is 12.7. The van der Waals surface area contributed by atoms with Crippen LogP contribution in [0.2, 0.25) is 0 Å². The fourth-order valence-electron chi connectivity index (χ4n) is 2.61. The molecule has 5 heteroatoms. The Morgan fingerprint density at radius 3 is 2.38 bits per heavy atom. The smallest absolute Gasteiger partial charge is 0.143 e. The molecule has 0 radical (unpaired) electrons. The van der Waals surface area contributed by atoms with Gasteiger partial charge in [-0.05, 0) is 56.0 Å². The predicted molar refractivity (Wildman–Crippen MR) is 104 cm³/mol. The number of hydrogen-bond donors (Lipinski definition) is 0. The second kappa shape index (κ2) is 10.6. The zero-order chi connectivity index (χ0) is 18.8. The average Bonchev–Trinajstić information content (AvgIpc) is 2.66. The van der Waals surface area contributed by atoms with Crippen molar-refractivity contribution in [2.45, 2.75) is 39.7 Å². The minimum Gasteiger partial charge on any atom is -0.487 e. The fourth-order valence-corrected chi connectivity index (χ4v) is 2.61. The van der Waals surface area contributed by atoms with Gasteiger partial charge in [-0.25, -0.2) is 0 Å². The topological polar surface area (TPSA) is 52.9 Å².